The Balaban J connectivity index is 0.000000171. The number of halogens is 2. The molecule has 3 aromatic carbocycles. The maximum absolute atomic E-state index is 14.5. The second-order valence-corrected chi connectivity index (χ2v) is 17.6. The summed E-state index contributed by atoms with van der Waals surface area (Å²) in [7, 11) is -3.11. The van der Waals surface area contributed by atoms with Crippen molar-refractivity contribution < 1.29 is 56.4 Å². The van der Waals surface area contributed by atoms with E-state index in [1.165, 1.54) is 54.7 Å². The number of anilines is 2. The number of fused-ring (bicyclic) bond motifs is 3. The molecule has 8 rings (SSSR count). The second-order valence-electron chi connectivity index (χ2n) is 14.8. The molecule has 6 aromatic rings. The number of carbonyl (C=O) groups is 4. The van der Waals surface area contributed by atoms with Gasteiger partial charge in [-0.25, -0.2) is 36.9 Å². The minimum Gasteiger partial charge on any atom is -0.481 e. The van der Waals surface area contributed by atoms with Crippen LogP contribution in [0.4, 0.5) is 26.5 Å². The zero-order valence-electron chi connectivity index (χ0n) is 35.7. The van der Waals surface area contributed by atoms with Gasteiger partial charge >= 0.3 is 24.0 Å². The van der Waals surface area contributed by atoms with Crippen molar-refractivity contribution in [2.24, 2.45) is 10.4 Å². The molecule has 0 unspecified atom stereocenters. The first kappa shape index (κ1) is 48.7. The number of aliphatic carboxylic acids is 1. The van der Waals surface area contributed by atoms with Crippen LogP contribution in [0.5, 0.6) is 17.5 Å². The van der Waals surface area contributed by atoms with Crippen molar-refractivity contribution in [2.75, 3.05) is 37.1 Å². The molecule has 0 radical (unpaired) electrons. The van der Waals surface area contributed by atoms with Crippen molar-refractivity contribution in [1.29, 1.82) is 0 Å². The van der Waals surface area contributed by atoms with Gasteiger partial charge in [-0.1, -0.05) is 43.5 Å². The van der Waals surface area contributed by atoms with Crippen LogP contribution in [0.25, 0.3) is 10.9 Å². The summed E-state index contributed by atoms with van der Waals surface area (Å²) >= 11 is 7.22. The van der Waals surface area contributed by atoms with E-state index in [0.717, 1.165) is 36.3 Å². The number of aryl methyl sites for hydroxylation is 1. The highest BCUT2D eigenvalue weighted by molar-refractivity contribution is 7.90. The molecule has 3 amide bonds. The third-order valence-corrected chi connectivity index (χ3v) is 11.7. The molecular formula is C42H38ClFN10O11S2. The standard InChI is InChI=1S/C18H17FN4O2S.C13H13N5O6S.C11H8ClNO3/c1-4-5-22-13-7-12(11(19)6-14(13)25-9-16(22)24)20-17-23-10-18(2,3)8-15(23)21-26-17;1-7-14-11(17-13(15-7)24-2)16-12(21)18-25(22,23)9-6-4-3-5-8(9)10(19)20;12-8-3-4-9(16-6-10(14)15)11-7(8)2-1-5-13-11/h1,6-7H,5,8-10H2,2-3H3;3-6H,1-2H3,(H,19,20)(H2,14,15,16,17,18,21);1-5H,6H2,(H,14,15). The molecule has 21 nitrogen and oxygen atoms in total. The number of nitrogens with zero attached hydrogens (tertiary/aromatic N) is 8. The Morgan fingerprint density at radius 2 is 1.87 bits per heavy atom. The first-order valence-corrected chi connectivity index (χ1v) is 22.0. The lowest BCUT2D eigenvalue weighted by atomic mass is 9.92. The number of amides is 3. The van der Waals surface area contributed by atoms with E-state index in [1.54, 1.807) is 35.2 Å². The molecule has 0 spiro atoms. The van der Waals surface area contributed by atoms with Gasteiger partial charge in [0.15, 0.2) is 19.0 Å². The van der Waals surface area contributed by atoms with E-state index in [-0.39, 0.29) is 47.9 Å². The SMILES string of the molecule is C#CCN1C(=O)COc2cc(F)c(N=c3snc4n3CC(C)(C)C4)cc21.COc1nc(C)nc(NC(=O)NS(=O)(=O)c2ccccc2C(=O)O)n1.O=C(O)COc1ccc(Cl)c2cccnc12. The van der Waals surface area contributed by atoms with E-state index < -0.39 is 50.9 Å². The molecule has 67 heavy (non-hydrogen) atoms. The number of benzene rings is 3. The van der Waals surface area contributed by atoms with Gasteiger partial charge in [0.1, 0.15) is 39.2 Å². The van der Waals surface area contributed by atoms with Crippen molar-refractivity contribution in [3.63, 3.8) is 0 Å². The number of sulfonamides is 1. The molecule has 0 atom stereocenters. The van der Waals surface area contributed by atoms with Gasteiger partial charge in [-0.05, 0) is 54.8 Å². The van der Waals surface area contributed by atoms with Crippen LogP contribution in [0.1, 0.15) is 35.9 Å². The summed E-state index contributed by atoms with van der Waals surface area (Å²) in [5, 5.41) is 21.0. The number of urea groups is 1. The zero-order valence-corrected chi connectivity index (χ0v) is 38.1. The van der Waals surface area contributed by atoms with E-state index in [1.807, 2.05) is 4.57 Å². The summed E-state index contributed by atoms with van der Waals surface area (Å²) in [5.74, 6) is 0.872. The number of aromatic carboxylic acids is 1. The fraction of sp³-hybridized carbons (Fsp3) is 0.238. The van der Waals surface area contributed by atoms with Gasteiger partial charge in [0.05, 0.1) is 29.9 Å². The molecule has 4 N–H and O–H groups in total. The highest BCUT2D eigenvalue weighted by Crippen LogP contribution is 2.38. The number of pyridine rings is 1. The first-order valence-electron chi connectivity index (χ1n) is 19.4. The number of terminal acetylenes is 1. The molecule has 0 fully saturated rings. The molecule has 3 aromatic heterocycles. The molecule has 0 saturated carbocycles. The van der Waals surface area contributed by atoms with Crippen molar-refractivity contribution in [3.8, 4) is 29.9 Å². The van der Waals surface area contributed by atoms with Gasteiger partial charge in [-0.15, -0.1) is 6.42 Å². The molecule has 2 aliphatic rings. The number of carbonyl (C=O) groups excluding carboxylic acids is 2. The van der Waals surface area contributed by atoms with Crippen LogP contribution >= 0.6 is 23.1 Å². The molecule has 25 heteroatoms. The Labute approximate surface area is 389 Å². The molecule has 0 aliphatic carbocycles. The lowest BCUT2D eigenvalue weighted by Gasteiger charge is -2.28. The Morgan fingerprint density at radius 3 is 2.58 bits per heavy atom. The van der Waals surface area contributed by atoms with Crippen LogP contribution < -0.4 is 34.0 Å². The van der Waals surface area contributed by atoms with Crippen LogP contribution in [-0.2, 0) is 32.6 Å². The van der Waals surface area contributed by atoms with Gasteiger partial charge < -0.3 is 29.0 Å². The molecule has 5 heterocycles. The third kappa shape index (κ3) is 11.9. The number of carboxylic acids is 2. The average molecular weight is 977 g/mol. The lowest BCUT2D eigenvalue weighted by Crippen LogP contribution is -2.39. The van der Waals surface area contributed by atoms with Gasteiger partial charge in [0.2, 0.25) is 10.7 Å². The number of nitrogens with one attached hydrogen (secondary N) is 2. The zero-order chi connectivity index (χ0) is 48.6. The second kappa shape index (κ2) is 20.6. The van der Waals surface area contributed by atoms with Crippen molar-refractivity contribution in [1.82, 2.24) is 33.6 Å². The van der Waals surface area contributed by atoms with E-state index in [2.05, 4.69) is 54.4 Å². The van der Waals surface area contributed by atoms with Gasteiger partial charge in [-0.2, -0.15) is 19.3 Å². The predicted molar refractivity (Wildman–Crippen MR) is 240 cm³/mol. The highest BCUT2D eigenvalue weighted by atomic mass is 35.5. The Hall–Kier alpha value is -7.75. The Bertz CT molecular complexity index is 3140. The Morgan fingerprint density at radius 1 is 1.10 bits per heavy atom. The monoisotopic (exact) mass is 976 g/mol. The molecule has 0 saturated heterocycles. The normalized spacial score (nSPS) is 13.6. The number of methoxy groups -OCH3 is 1. The van der Waals surface area contributed by atoms with Crippen LogP contribution in [0.15, 0.2) is 76.7 Å². The summed E-state index contributed by atoms with van der Waals surface area (Å²) in [5.41, 5.74) is 0.772. The van der Waals surface area contributed by atoms with Crippen molar-refractivity contribution in [3.05, 3.63) is 99.7 Å². The molecule has 348 valence electrons. The van der Waals surface area contributed by atoms with Crippen molar-refractivity contribution in [2.45, 2.75) is 38.6 Å². The van der Waals surface area contributed by atoms with E-state index in [9.17, 15) is 32.0 Å². The van der Waals surface area contributed by atoms with E-state index in [4.69, 9.17) is 42.4 Å². The average Bonchev–Trinajstić information content (AvgIpc) is 3.79. The van der Waals surface area contributed by atoms with Crippen LogP contribution in [0.2, 0.25) is 5.02 Å². The number of rotatable bonds is 10. The number of hydrogen-bond donors (Lipinski definition) is 4. The number of carboxylic acid groups (broad SMARTS) is 2. The first-order chi connectivity index (χ1) is 31.8. The smallest absolute Gasteiger partial charge is 0.341 e. The van der Waals surface area contributed by atoms with Gasteiger partial charge in [0.25, 0.3) is 15.9 Å². The predicted octanol–water partition coefficient (Wildman–Crippen LogP) is 5.01. The largest absolute Gasteiger partial charge is 0.481 e. The van der Waals surface area contributed by atoms with Gasteiger partial charge in [-0.3, -0.25) is 20.0 Å². The molecule has 0 bridgehead atoms. The van der Waals surface area contributed by atoms with E-state index in [0.29, 0.717) is 32.5 Å². The fourth-order valence-electron chi connectivity index (χ4n) is 6.40. The molecular weight excluding hydrogens is 939 g/mol. The maximum Gasteiger partial charge on any atom is 0.341 e. The topological polar surface area (TPSA) is 280 Å². The summed E-state index contributed by atoms with van der Waals surface area (Å²) in [6.45, 7) is 6.18. The van der Waals surface area contributed by atoms with Crippen molar-refractivity contribution >= 4 is 85.3 Å². The minimum absolute atomic E-state index is 0.0677. The summed E-state index contributed by atoms with van der Waals surface area (Å²) in [6.07, 6.45) is 7.82. The van der Waals surface area contributed by atoms with Crippen LogP contribution in [0, 0.1) is 30.5 Å². The lowest BCUT2D eigenvalue weighted by molar-refractivity contribution is -0.139. The molecule has 2 aliphatic heterocycles. The fourth-order valence-corrected chi connectivity index (χ4v) is 8.48. The number of ether oxygens (including phenoxy) is 3. The van der Waals surface area contributed by atoms with E-state index >= 15 is 0 Å². The summed E-state index contributed by atoms with van der Waals surface area (Å²) in [4.78, 5) is 66.9. The third-order valence-electron chi connectivity index (χ3n) is 9.23. The van der Waals surface area contributed by atoms with Gasteiger partial charge in [0, 0.05) is 42.1 Å². The Kier molecular flexibility index (Phi) is 15.0. The summed E-state index contributed by atoms with van der Waals surface area (Å²) in [6, 6.07) is 13.2. The number of aromatic nitrogens is 6. The highest BCUT2D eigenvalue weighted by Gasteiger charge is 2.31. The van der Waals surface area contributed by atoms with Crippen LogP contribution in [-0.4, -0.2) is 98.3 Å². The summed E-state index contributed by atoms with van der Waals surface area (Å²) < 4.78 is 62.4. The van der Waals surface area contributed by atoms with Crippen LogP contribution in [0.3, 0.4) is 0 Å². The maximum atomic E-state index is 14.5. The number of hydrogen-bond acceptors (Lipinski definition) is 16. The quantitative estimate of drug-likeness (QED) is 0.131. The minimum atomic E-state index is -4.43.